The monoisotopic (exact) mass is 329 g/mol. The molecule has 1 aliphatic rings. The van der Waals surface area contributed by atoms with Crippen LogP contribution in [0.15, 0.2) is 54.7 Å². The van der Waals surface area contributed by atoms with Crippen molar-refractivity contribution in [3.05, 3.63) is 65.9 Å². The molecule has 1 nitrogen and oxygen atoms in total. The number of fused-ring (bicyclic) bond motifs is 1. The smallest absolute Gasteiger partial charge is 0.0780 e. The zero-order chi connectivity index (χ0) is 17.2. The zero-order valence-electron chi connectivity index (χ0n) is 15.3. The van der Waals surface area contributed by atoms with E-state index in [-0.39, 0.29) is 0 Å². The second kappa shape index (κ2) is 7.00. The molecule has 1 saturated carbocycles. The summed E-state index contributed by atoms with van der Waals surface area (Å²) >= 11 is 0. The molecule has 1 aliphatic carbocycles. The van der Waals surface area contributed by atoms with E-state index in [0.29, 0.717) is 5.92 Å². The lowest BCUT2D eigenvalue weighted by molar-refractivity contribution is 0.723. The maximum atomic E-state index is 4.74. The molecule has 0 bridgehead atoms. The molecule has 1 heteroatoms. The van der Waals surface area contributed by atoms with E-state index >= 15 is 0 Å². The molecule has 1 heterocycles. The van der Waals surface area contributed by atoms with E-state index in [0.717, 1.165) is 11.6 Å². The summed E-state index contributed by atoms with van der Waals surface area (Å²) in [6.45, 7) is 4.55. The molecule has 0 aliphatic heterocycles. The summed E-state index contributed by atoms with van der Waals surface area (Å²) < 4.78 is 0. The van der Waals surface area contributed by atoms with Crippen molar-refractivity contribution in [2.24, 2.45) is 0 Å². The molecule has 1 unspecified atom stereocenters. The third-order valence-corrected chi connectivity index (χ3v) is 5.96. The van der Waals surface area contributed by atoms with Gasteiger partial charge < -0.3 is 0 Å². The molecule has 3 aromatic rings. The molecule has 128 valence electrons. The van der Waals surface area contributed by atoms with Gasteiger partial charge in [-0.25, -0.2) is 0 Å². The molecule has 0 saturated heterocycles. The van der Waals surface area contributed by atoms with Crippen molar-refractivity contribution >= 4 is 10.8 Å². The largest absolute Gasteiger partial charge is 0.256 e. The normalized spacial score (nSPS) is 16.4. The number of rotatable bonds is 4. The summed E-state index contributed by atoms with van der Waals surface area (Å²) in [4.78, 5) is 4.74. The minimum Gasteiger partial charge on any atom is -0.256 e. The van der Waals surface area contributed by atoms with Crippen LogP contribution < -0.4 is 0 Å². The van der Waals surface area contributed by atoms with Crippen LogP contribution in [-0.4, -0.2) is 4.98 Å². The summed E-state index contributed by atoms with van der Waals surface area (Å²) in [6, 6.07) is 18.1. The van der Waals surface area contributed by atoms with Crippen LogP contribution in [0.3, 0.4) is 0 Å². The summed E-state index contributed by atoms with van der Waals surface area (Å²) in [7, 11) is 0. The number of hydrogen-bond donors (Lipinski definition) is 0. The predicted molar refractivity (Wildman–Crippen MR) is 107 cm³/mol. The highest BCUT2D eigenvalue weighted by molar-refractivity contribution is 5.94. The minimum absolute atomic E-state index is 0.603. The maximum Gasteiger partial charge on any atom is 0.0780 e. The first-order valence-electron chi connectivity index (χ1n) is 9.75. The molecule has 0 radical (unpaired) electrons. The van der Waals surface area contributed by atoms with E-state index in [9.17, 15) is 0 Å². The summed E-state index contributed by atoms with van der Waals surface area (Å²) in [5.41, 5.74) is 5.29. The summed E-state index contributed by atoms with van der Waals surface area (Å²) in [5, 5.41) is 2.56. The van der Waals surface area contributed by atoms with Crippen LogP contribution in [0, 0.1) is 0 Å². The van der Waals surface area contributed by atoms with Crippen molar-refractivity contribution < 1.29 is 0 Å². The third kappa shape index (κ3) is 3.20. The van der Waals surface area contributed by atoms with Crippen molar-refractivity contribution in [1.82, 2.24) is 4.98 Å². The molecular weight excluding hydrogens is 302 g/mol. The maximum absolute atomic E-state index is 4.74. The molecule has 25 heavy (non-hydrogen) atoms. The molecular formula is C24H27N. The van der Waals surface area contributed by atoms with E-state index in [1.54, 1.807) is 0 Å². The number of benzene rings is 2. The number of hydrogen-bond acceptors (Lipinski definition) is 1. The van der Waals surface area contributed by atoms with Crippen molar-refractivity contribution in [1.29, 1.82) is 0 Å². The van der Waals surface area contributed by atoms with Crippen LogP contribution in [0.1, 0.15) is 68.9 Å². The van der Waals surface area contributed by atoms with Gasteiger partial charge in [-0.15, -0.1) is 0 Å². The van der Waals surface area contributed by atoms with E-state index in [2.05, 4.69) is 62.4 Å². The molecule has 2 aromatic carbocycles. The highest BCUT2D eigenvalue weighted by Gasteiger charge is 2.18. The third-order valence-electron chi connectivity index (χ3n) is 5.96. The van der Waals surface area contributed by atoms with Crippen molar-refractivity contribution in [3.63, 3.8) is 0 Å². The average Bonchev–Trinajstić information content (AvgIpc) is 3.21. The van der Waals surface area contributed by atoms with Gasteiger partial charge in [0.05, 0.1) is 5.69 Å². The Hall–Kier alpha value is -2.15. The lowest BCUT2D eigenvalue weighted by atomic mass is 9.92. The fraction of sp³-hybridized carbons (Fsp3) is 0.375. The first-order chi connectivity index (χ1) is 12.3. The van der Waals surface area contributed by atoms with Crippen LogP contribution in [0.4, 0.5) is 0 Å². The van der Waals surface area contributed by atoms with Crippen LogP contribution >= 0.6 is 0 Å². The van der Waals surface area contributed by atoms with Gasteiger partial charge in [-0.2, -0.15) is 0 Å². The highest BCUT2D eigenvalue weighted by atomic mass is 14.7. The van der Waals surface area contributed by atoms with Gasteiger partial charge in [-0.3, -0.25) is 4.98 Å². The van der Waals surface area contributed by atoms with Crippen LogP contribution in [0.5, 0.6) is 0 Å². The Morgan fingerprint density at radius 1 is 1.04 bits per heavy atom. The van der Waals surface area contributed by atoms with Crippen LogP contribution in [0.2, 0.25) is 0 Å². The molecule has 1 fully saturated rings. The van der Waals surface area contributed by atoms with E-state index < -0.39 is 0 Å². The van der Waals surface area contributed by atoms with E-state index in [1.807, 2.05) is 6.20 Å². The van der Waals surface area contributed by atoms with Crippen molar-refractivity contribution in [3.8, 4) is 11.3 Å². The average molecular weight is 329 g/mol. The van der Waals surface area contributed by atoms with Crippen LogP contribution in [-0.2, 0) is 0 Å². The van der Waals surface area contributed by atoms with E-state index in [4.69, 9.17) is 4.98 Å². The topological polar surface area (TPSA) is 12.9 Å². The number of nitrogens with zero attached hydrogens (tertiary/aromatic N) is 1. The van der Waals surface area contributed by atoms with Gasteiger partial charge in [0, 0.05) is 17.1 Å². The van der Waals surface area contributed by atoms with Gasteiger partial charge in [-0.05, 0) is 59.7 Å². The molecule has 4 rings (SSSR count). The fourth-order valence-corrected chi connectivity index (χ4v) is 4.17. The Morgan fingerprint density at radius 2 is 1.88 bits per heavy atom. The Balaban J connectivity index is 1.77. The highest BCUT2D eigenvalue weighted by Crippen LogP contribution is 2.36. The summed E-state index contributed by atoms with van der Waals surface area (Å²) in [5.74, 6) is 1.35. The minimum atomic E-state index is 0.603. The standard InChI is InChI=1S/C24H27N/c1-3-17(2)19-11-12-23-21(15-19)13-14-25-24(23)22-10-6-9-20(16-22)18-7-4-5-8-18/h6,9-18H,3-5,7-8H2,1-2H3. The Morgan fingerprint density at radius 3 is 2.68 bits per heavy atom. The second-order valence-electron chi connectivity index (χ2n) is 7.56. The molecule has 1 atom stereocenters. The van der Waals surface area contributed by atoms with Gasteiger partial charge in [0.2, 0.25) is 0 Å². The van der Waals surface area contributed by atoms with Gasteiger partial charge in [0.25, 0.3) is 0 Å². The van der Waals surface area contributed by atoms with Gasteiger partial charge in [0.1, 0.15) is 0 Å². The van der Waals surface area contributed by atoms with E-state index in [1.165, 1.54) is 59.6 Å². The fourth-order valence-electron chi connectivity index (χ4n) is 4.17. The molecule has 1 aromatic heterocycles. The molecule has 0 spiro atoms. The van der Waals surface area contributed by atoms with Gasteiger partial charge >= 0.3 is 0 Å². The van der Waals surface area contributed by atoms with Crippen molar-refractivity contribution in [2.45, 2.75) is 57.8 Å². The SMILES string of the molecule is CCC(C)c1ccc2c(-c3cccc(C4CCCC4)c3)nccc2c1. The molecule has 0 amide bonds. The Bertz CT molecular complexity index is 874. The molecule has 0 N–H and O–H groups in total. The predicted octanol–water partition coefficient (Wildman–Crippen LogP) is 7.07. The number of aromatic nitrogens is 1. The second-order valence-corrected chi connectivity index (χ2v) is 7.56. The quantitative estimate of drug-likeness (QED) is 0.498. The number of pyridine rings is 1. The first-order valence-corrected chi connectivity index (χ1v) is 9.75. The Kier molecular flexibility index (Phi) is 4.57. The lowest BCUT2D eigenvalue weighted by Gasteiger charge is -2.14. The van der Waals surface area contributed by atoms with Gasteiger partial charge in [0.15, 0.2) is 0 Å². The zero-order valence-corrected chi connectivity index (χ0v) is 15.3. The summed E-state index contributed by atoms with van der Waals surface area (Å²) in [6.07, 6.45) is 8.56. The lowest BCUT2D eigenvalue weighted by Crippen LogP contribution is -1.95. The van der Waals surface area contributed by atoms with Crippen LogP contribution in [0.25, 0.3) is 22.0 Å². The van der Waals surface area contributed by atoms with Gasteiger partial charge in [-0.1, -0.05) is 63.1 Å². The first kappa shape index (κ1) is 16.3. The Labute approximate surface area is 151 Å². The van der Waals surface area contributed by atoms with Crippen molar-refractivity contribution in [2.75, 3.05) is 0 Å².